The Kier molecular flexibility index (Phi) is 7.66. The molecule has 6 rings (SSSR count). The van der Waals surface area contributed by atoms with E-state index in [1.165, 1.54) is 6.08 Å². The number of likely N-dealkylation sites (tertiary alicyclic amines) is 1. The fourth-order valence-corrected chi connectivity index (χ4v) is 5.85. The van der Waals surface area contributed by atoms with E-state index in [-0.39, 0.29) is 29.0 Å². The molecule has 41 heavy (non-hydrogen) atoms. The van der Waals surface area contributed by atoms with Gasteiger partial charge in [-0.15, -0.1) is 0 Å². The molecule has 0 unspecified atom stereocenters. The molecule has 4 aromatic rings. The van der Waals surface area contributed by atoms with Crippen LogP contribution in [0.15, 0.2) is 66.0 Å². The third kappa shape index (κ3) is 5.53. The van der Waals surface area contributed by atoms with Gasteiger partial charge in [-0.2, -0.15) is 0 Å². The van der Waals surface area contributed by atoms with E-state index in [1.807, 2.05) is 30.3 Å². The molecule has 212 valence electrons. The van der Waals surface area contributed by atoms with Crippen LogP contribution in [0.2, 0.25) is 5.02 Å². The molecule has 0 radical (unpaired) electrons. The van der Waals surface area contributed by atoms with Crippen molar-refractivity contribution in [2.24, 2.45) is 5.92 Å². The maximum atomic E-state index is 13.7. The molecule has 2 aliphatic heterocycles. The van der Waals surface area contributed by atoms with Crippen LogP contribution in [-0.2, 0) is 16.1 Å². The van der Waals surface area contributed by atoms with Gasteiger partial charge in [0.15, 0.2) is 0 Å². The van der Waals surface area contributed by atoms with Gasteiger partial charge in [0.05, 0.1) is 29.3 Å². The minimum Gasteiger partial charge on any atom is -0.508 e. The number of ether oxygens (including phenoxy) is 2. The lowest BCUT2D eigenvalue weighted by molar-refractivity contribution is -0.132. The van der Waals surface area contributed by atoms with Crippen molar-refractivity contribution in [3.05, 3.63) is 76.6 Å². The SMILES string of the molecule is C=CC(=O)N1CC(Cn2c(=O)c(OCCN3CCOCC3)nc3cc(-c4cc(O)cc5ccccc45)c(Cl)cc32)C1. The van der Waals surface area contributed by atoms with E-state index in [0.29, 0.717) is 67.6 Å². The van der Waals surface area contributed by atoms with Gasteiger partial charge in [0, 0.05) is 50.7 Å². The number of benzene rings is 3. The molecule has 0 bridgehead atoms. The number of aromatic nitrogens is 2. The first-order valence-corrected chi connectivity index (χ1v) is 14.1. The molecule has 10 heteroatoms. The van der Waals surface area contributed by atoms with Crippen LogP contribution in [0.25, 0.3) is 32.9 Å². The highest BCUT2D eigenvalue weighted by molar-refractivity contribution is 6.34. The van der Waals surface area contributed by atoms with Crippen molar-refractivity contribution in [1.82, 2.24) is 19.4 Å². The first kappa shape index (κ1) is 27.3. The molecule has 0 saturated carbocycles. The molecule has 0 spiro atoms. The summed E-state index contributed by atoms with van der Waals surface area (Å²) < 4.78 is 13.1. The number of amides is 1. The predicted molar refractivity (Wildman–Crippen MR) is 159 cm³/mol. The van der Waals surface area contributed by atoms with Gasteiger partial charge in [-0.1, -0.05) is 42.4 Å². The quantitative estimate of drug-likeness (QED) is 0.319. The number of rotatable bonds is 8. The summed E-state index contributed by atoms with van der Waals surface area (Å²) in [7, 11) is 0. The largest absolute Gasteiger partial charge is 0.508 e. The molecule has 2 fully saturated rings. The van der Waals surface area contributed by atoms with Crippen molar-refractivity contribution in [2.75, 3.05) is 52.5 Å². The summed E-state index contributed by atoms with van der Waals surface area (Å²) >= 11 is 6.86. The Morgan fingerprint density at radius 2 is 1.93 bits per heavy atom. The van der Waals surface area contributed by atoms with E-state index in [2.05, 4.69) is 16.5 Å². The van der Waals surface area contributed by atoms with Crippen molar-refractivity contribution in [3.63, 3.8) is 0 Å². The average molecular weight is 575 g/mol. The van der Waals surface area contributed by atoms with Crippen LogP contribution in [0.5, 0.6) is 11.6 Å². The Balaban J connectivity index is 1.39. The van der Waals surface area contributed by atoms with Gasteiger partial charge in [0.2, 0.25) is 5.91 Å². The van der Waals surface area contributed by atoms with Crippen LogP contribution >= 0.6 is 11.6 Å². The summed E-state index contributed by atoms with van der Waals surface area (Å²) in [4.78, 5) is 34.2. The minimum absolute atomic E-state index is 0.0261. The molecule has 0 atom stereocenters. The Morgan fingerprint density at radius 1 is 1.15 bits per heavy atom. The molecule has 9 nitrogen and oxygen atoms in total. The second-order valence-electron chi connectivity index (χ2n) is 10.5. The van der Waals surface area contributed by atoms with E-state index in [9.17, 15) is 14.7 Å². The Morgan fingerprint density at radius 3 is 2.71 bits per heavy atom. The number of phenolic OH excluding ortho intramolecular Hbond substituents is 1. The van der Waals surface area contributed by atoms with Crippen LogP contribution in [0.1, 0.15) is 0 Å². The second kappa shape index (κ2) is 11.5. The zero-order valence-corrected chi connectivity index (χ0v) is 23.3. The Hall–Kier alpha value is -3.92. The van der Waals surface area contributed by atoms with E-state index >= 15 is 0 Å². The second-order valence-corrected chi connectivity index (χ2v) is 10.9. The summed E-state index contributed by atoms with van der Waals surface area (Å²) in [5.41, 5.74) is 2.26. The molecule has 3 heterocycles. The lowest BCUT2D eigenvalue weighted by Gasteiger charge is -2.39. The van der Waals surface area contributed by atoms with E-state index in [4.69, 9.17) is 21.1 Å². The highest BCUT2D eigenvalue weighted by atomic mass is 35.5. The van der Waals surface area contributed by atoms with Gasteiger partial charge in [0.1, 0.15) is 12.4 Å². The molecule has 0 aliphatic carbocycles. The van der Waals surface area contributed by atoms with Crippen molar-refractivity contribution in [2.45, 2.75) is 6.54 Å². The number of nitrogens with zero attached hydrogens (tertiary/aromatic N) is 4. The van der Waals surface area contributed by atoms with Crippen LogP contribution < -0.4 is 10.3 Å². The molecule has 2 aliphatic rings. The van der Waals surface area contributed by atoms with Gasteiger partial charge < -0.3 is 24.0 Å². The number of aromatic hydroxyl groups is 1. The highest BCUT2D eigenvalue weighted by Crippen LogP contribution is 2.38. The fraction of sp³-hybridized carbons (Fsp3) is 0.323. The molecule has 3 aromatic carbocycles. The number of morpholine rings is 1. The number of hydrogen-bond donors (Lipinski definition) is 1. The van der Waals surface area contributed by atoms with Crippen LogP contribution in [0.4, 0.5) is 0 Å². The van der Waals surface area contributed by atoms with Gasteiger partial charge in [-0.05, 0) is 46.7 Å². The normalized spacial score (nSPS) is 16.2. The van der Waals surface area contributed by atoms with Crippen LogP contribution in [0.3, 0.4) is 0 Å². The average Bonchev–Trinajstić information content (AvgIpc) is 2.96. The molecular formula is C31H31ClN4O5. The third-order valence-electron chi connectivity index (χ3n) is 7.78. The smallest absolute Gasteiger partial charge is 0.313 e. The zero-order chi connectivity index (χ0) is 28.5. The topological polar surface area (TPSA) is 97.1 Å². The molecule has 1 N–H and O–H groups in total. The molecular weight excluding hydrogens is 544 g/mol. The van der Waals surface area contributed by atoms with Crippen LogP contribution in [-0.4, -0.2) is 82.9 Å². The van der Waals surface area contributed by atoms with E-state index in [0.717, 1.165) is 29.4 Å². The summed E-state index contributed by atoms with van der Waals surface area (Å²) in [5.74, 6) is 0.130. The first-order valence-electron chi connectivity index (χ1n) is 13.7. The maximum Gasteiger partial charge on any atom is 0.313 e. The molecule has 1 amide bonds. The third-order valence-corrected chi connectivity index (χ3v) is 8.09. The van der Waals surface area contributed by atoms with Gasteiger partial charge in [-0.3, -0.25) is 14.5 Å². The van der Waals surface area contributed by atoms with E-state index < -0.39 is 0 Å². The number of halogens is 1. The predicted octanol–water partition coefficient (Wildman–Crippen LogP) is 3.93. The lowest BCUT2D eigenvalue weighted by atomic mass is 9.97. The molecule has 2 saturated heterocycles. The van der Waals surface area contributed by atoms with Gasteiger partial charge in [0.25, 0.3) is 5.88 Å². The highest BCUT2D eigenvalue weighted by Gasteiger charge is 2.31. The minimum atomic E-state index is -0.334. The van der Waals surface area contributed by atoms with Gasteiger partial charge in [-0.25, -0.2) is 4.98 Å². The first-order chi connectivity index (χ1) is 19.9. The van der Waals surface area contributed by atoms with Crippen LogP contribution in [0, 0.1) is 5.92 Å². The van der Waals surface area contributed by atoms with Crippen molar-refractivity contribution in [1.29, 1.82) is 0 Å². The fourth-order valence-electron chi connectivity index (χ4n) is 5.59. The summed E-state index contributed by atoms with van der Waals surface area (Å²) in [6.45, 7) is 9.00. The lowest BCUT2D eigenvalue weighted by Crippen LogP contribution is -2.51. The monoisotopic (exact) mass is 574 g/mol. The zero-order valence-electron chi connectivity index (χ0n) is 22.6. The maximum absolute atomic E-state index is 13.7. The Labute approximate surface area is 242 Å². The van der Waals surface area contributed by atoms with Gasteiger partial charge >= 0.3 is 5.56 Å². The Bertz CT molecular complexity index is 1690. The van der Waals surface area contributed by atoms with Crippen molar-refractivity contribution >= 4 is 39.3 Å². The summed E-state index contributed by atoms with van der Waals surface area (Å²) in [6, 6.07) is 14.8. The summed E-state index contributed by atoms with van der Waals surface area (Å²) in [5, 5.41) is 12.7. The summed E-state index contributed by atoms with van der Waals surface area (Å²) in [6.07, 6.45) is 1.30. The number of hydrogen-bond acceptors (Lipinski definition) is 7. The number of phenols is 1. The standard InChI is InChI=1S/C31H31ClN4O5/c1-2-29(38)35-17-20(18-35)19-36-28-16-26(32)25(24-14-22(37)13-21-5-3-4-6-23(21)24)15-27(28)33-30(31(36)39)41-12-9-34-7-10-40-11-8-34/h2-6,13-16,20,37H,1,7-12,17-19H2. The number of fused-ring (bicyclic) bond motifs is 2. The van der Waals surface area contributed by atoms with Crippen molar-refractivity contribution < 1.29 is 19.4 Å². The molecule has 1 aromatic heterocycles. The van der Waals surface area contributed by atoms with Crippen molar-refractivity contribution in [3.8, 4) is 22.8 Å². The van der Waals surface area contributed by atoms with E-state index in [1.54, 1.807) is 27.7 Å². The number of carbonyl (C=O) groups is 1. The number of carbonyl (C=O) groups excluding carboxylic acids is 1.